The summed E-state index contributed by atoms with van der Waals surface area (Å²) in [7, 11) is -3.51. The highest BCUT2D eigenvalue weighted by Crippen LogP contribution is 2.12. The summed E-state index contributed by atoms with van der Waals surface area (Å²) < 4.78 is 23.5. The third kappa shape index (κ3) is 3.04. The number of aliphatic hydroxyl groups is 1. The lowest BCUT2D eigenvalue weighted by Gasteiger charge is -2.15. The summed E-state index contributed by atoms with van der Waals surface area (Å²) >= 11 is 0. The first-order chi connectivity index (χ1) is 8.06. The van der Waals surface area contributed by atoms with Crippen molar-refractivity contribution in [2.24, 2.45) is 5.16 Å². The number of nitrogens with zero attached hydrogens (tertiary/aromatic N) is 1. The molecule has 2 N–H and O–H groups in total. The van der Waals surface area contributed by atoms with Crippen molar-refractivity contribution in [3.8, 4) is 0 Å². The molecule has 0 fully saturated rings. The summed E-state index contributed by atoms with van der Waals surface area (Å²) in [6.07, 6.45) is 0. The fraction of sp³-hybridized carbons (Fsp3) is 0.364. The molecular weight excluding hydrogens is 242 g/mol. The topological polar surface area (TPSA) is 87.0 Å². The average Bonchev–Trinajstić information content (AvgIpc) is 2.36. The number of hydrogen-bond acceptors (Lipinski definition) is 5. The van der Waals surface area contributed by atoms with E-state index in [-0.39, 0.29) is 11.5 Å². The standard InChI is InChI=1S/C11H15NO4S/c1-2-17(15,16)10(8-13)11(12-14)9-6-4-3-5-7-9/h3-7,10,13-14H,2,8H2,1H3. The van der Waals surface area contributed by atoms with Gasteiger partial charge in [0.05, 0.1) is 6.61 Å². The Labute approximate surface area is 100 Å². The minimum atomic E-state index is -3.51. The van der Waals surface area contributed by atoms with E-state index in [1.807, 2.05) is 0 Å². The Morgan fingerprint density at radius 1 is 1.35 bits per heavy atom. The third-order valence-corrected chi connectivity index (χ3v) is 4.53. The van der Waals surface area contributed by atoms with Crippen LogP contribution >= 0.6 is 0 Å². The highest BCUT2D eigenvalue weighted by Gasteiger charge is 2.29. The van der Waals surface area contributed by atoms with Crippen molar-refractivity contribution in [2.45, 2.75) is 12.2 Å². The van der Waals surface area contributed by atoms with Crippen LogP contribution in [0, 0.1) is 0 Å². The first-order valence-corrected chi connectivity index (χ1v) is 6.88. The van der Waals surface area contributed by atoms with Crippen LogP contribution < -0.4 is 0 Å². The summed E-state index contributed by atoms with van der Waals surface area (Å²) in [6, 6.07) is 8.42. The van der Waals surface area contributed by atoms with Crippen LogP contribution in [0.5, 0.6) is 0 Å². The van der Waals surface area contributed by atoms with E-state index in [2.05, 4.69) is 5.16 Å². The van der Waals surface area contributed by atoms with E-state index in [9.17, 15) is 13.5 Å². The second kappa shape index (κ2) is 5.79. The van der Waals surface area contributed by atoms with Crippen LogP contribution in [0.4, 0.5) is 0 Å². The van der Waals surface area contributed by atoms with Crippen molar-refractivity contribution in [3.63, 3.8) is 0 Å². The zero-order valence-corrected chi connectivity index (χ0v) is 10.3. The fourth-order valence-corrected chi connectivity index (χ4v) is 2.64. The van der Waals surface area contributed by atoms with Gasteiger partial charge in [0.1, 0.15) is 11.0 Å². The summed E-state index contributed by atoms with van der Waals surface area (Å²) in [5.74, 6) is -0.121. The molecule has 1 unspecified atom stereocenters. The quantitative estimate of drug-likeness (QED) is 0.461. The van der Waals surface area contributed by atoms with Crippen LogP contribution in [-0.2, 0) is 9.84 Å². The largest absolute Gasteiger partial charge is 0.411 e. The minimum absolute atomic E-state index is 0.0325. The van der Waals surface area contributed by atoms with Gasteiger partial charge in [-0.25, -0.2) is 8.42 Å². The van der Waals surface area contributed by atoms with Crippen molar-refractivity contribution >= 4 is 15.5 Å². The smallest absolute Gasteiger partial charge is 0.161 e. The molecule has 0 aliphatic heterocycles. The molecular formula is C11H15NO4S. The van der Waals surface area contributed by atoms with Crippen LogP contribution in [0.1, 0.15) is 12.5 Å². The van der Waals surface area contributed by atoms with Crippen LogP contribution in [0.3, 0.4) is 0 Å². The molecule has 0 aliphatic carbocycles. The number of hydrogen-bond donors (Lipinski definition) is 2. The average molecular weight is 257 g/mol. The zero-order valence-electron chi connectivity index (χ0n) is 9.44. The molecule has 1 atom stereocenters. The van der Waals surface area contributed by atoms with E-state index in [0.717, 1.165) is 0 Å². The number of benzene rings is 1. The Bertz CT molecular complexity index is 481. The molecule has 6 heteroatoms. The predicted molar refractivity (Wildman–Crippen MR) is 65.1 cm³/mol. The molecule has 0 aliphatic rings. The van der Waals surface area contributed by atoms with Gasteiger partial charge in [0, 0.05) is 11.3 Å². The van der Waals surface area contributed by atoms with Gasteiger partial charge in [-0.1, -0.05) is 42.4 Å². The Hall–Kier alpha value is -1.40. The minimum Gasteiger partial charge on any atom is -0.411 e. The summed E-state index contributed by atoms with van der Waals surface area (Å²) in [4.78, 5) is 0. The van der Waals surface area contributed by atoms with Crippen LogP contribution in [0.15, 0.2) is 35.5 Å². The van der Waals surface area contributed by atoms with Crippen LogP contribution in [0.2, 0.25) is 0 Å². The van der Waals surface area contributed by atoms with Gasteiger partial charge in [-0.2, -0.15) is 0 Å². The molecule has 0 saturated carbocycles. The van der Waals surface area contributed by atoms with Gasteiger partial charge >= 0.3 is 0 Å². The summed E-state index contributed by atoms with van der Waals surface area (Å²) in [6.45, 7) is 0.877. The molecule has 5 nitrogen and oxygen atoms in total. The van der Waals surface area contributed by atoms with E-state index >= 15 is 0 Å². The van der Waals surface area contributed by atoms with Gasteiger partial charge in [0.2, 0.25) is 0 Å². The van der Waals surface area contributed by atoms with E-state index < -0.39 is 21.7 Å². The van der Waals surface area contributed by atoms with E-state index in [1.54, 1.807) is 30.3 Å². The maximum absolute atomic E-state index is 11.8. The molecule has 0 radical (unpaired) electrons. The molecule has 0 spiro atoms. The van der Waals surface area contributed by atoms with Gasteiger partial charge in [-0.05, 0) is 0 Å². The van der Waals surface area contributed by atoms with Crippen molar-refractivity contribution in [2.75, 3.05) is 12.4 Å². The Balaban J connectivity index is 3.20. The number of rotatable bonds is 5. The van der Waals surface area contributed by atoms with Crippen LogP contribution in [-0.4, -0.2) is 42.1 Å². The maximum Gasteiger partial charge on any atom is 0.161 e. The van der Waals surface area contributed by atoms with Gasteiger partial charge in [-0.3, -0.25) is 0 Å². The maximum atomic E-state index is 11.8. The van der Waals surface area contributed by atoms with Crippen LogP contribution in [0.25, 0.3) is 0 Å². The number of sulfone groups is 1. The van der Waals surface area contributed by atoms with Gasteiger partial charge in [-0.15, -0.1) is 0 Å². The Kier molecular flexibility index (Phi) is 4.65. The lowest BCUT2D eigenvalue weighted by atomic mass is 10.1. The van der Waals surface area contributed by atoms with Crippen molar-refractivity contribution < 1.29 is 18.7 Å². The number of oxime groups is 1. The second-order valence-electron chi connectivity index (χ2n) is 3.47. The molecule has 1 aromatic rings. The lowest BCUT2D eigenvalue weighted by Crippen LogP contribution is -2.35. The Morgan fingerprint density at radius 2 is 1.94 bits per heavy atom. The van der Waals surface area contributed by atoms with Gasteiger partial charge in [0.15, 0.2) is 9.84 Å². The second-order valence-corrected chi connectivity index (χ2v) is 5.95. The Morgan fingerprint density at radius 3 is 2.35 bits per heavy atom. The molecule has 1 aromatic carbocycles. The fourth-order valence-electron chi connectivity index (χ4n) is 1.49. The van der Waals surface area contributed by atoms with Crippen molar-refractivity contribution in [1.82, 2.24) is 0 Å². The SMILES string of the molecule is CCS(=O)(=O)C(CO)C(=NO)c1ccccc1. The third-order valence-electron chi connectivity index (χ3n) is 2.48. The van der Waals surface area contributed by atoms with E-state index in [0.29, 0.717) is 5.56 Å². The molecule has 0 amide bonds. The normalized spacial score (nSPS) is 14.6. The molecule has 0 saturated heterocycles. The highest BCUT2D eigenvalue weighted by atomic mass is 32.2. The molecule has 0 aromatic heterocycles. The molecule has 94 valence electrons. The lowest BCUT2D eigenvalue weighted by molar-refractivity contribution is 0.296. The first kappa shape index (κ1) is 13.7. The molecule has 17 heavy (non-hydrogen) atoms. The summed E-state index contributed by atoms with van der Waals surface area (Å²) in [5, 5.41) is 20.0. The highest BCUT2D eigenvalue weighted by molar-refractivity contribution is 7.92. The monoisotopic (exact) mass is 257 g/mol. The van der Waals surface area contributed by atoms with E-state index in [1.165, 1.54) is 6.92 Å². The first-order valence-electron chi connectivity index (χ1n) is 5.16. The van der Waals surface area contributed by atoms with Gasteiger partial charge in [0.25, 0.3) is 0 Å². The zero-order chi connectivity index (χ0) is 12.9. The number of aliphatic hydroxyl groups excluding tert-OH is 1. The van der Waals surface area contributed by atoms with Gasteiger partial charge < -0.3 is 10.3 Å². The predicted octanol–water partition coefficient (Wildman–Crippen LogP) is 0.661. The molecule has 0 bridgehead atoms. The van der Waals surface area contributed by atoms with Crippen molar-refractivity contribution in [1.29, 1.82) is 0 Å². The molecule has 0 heterocycles. The van der Waals surface area contributed by atoms with Crippen molar-refractivity contribution in [3.05, 3.63) is 35.9 Å². The molecule has 1 rings (SSSR count). The summed E-state index contributed by atoms with van der Waals surface area (Å²) in [5.41, 5.74) is 0.445. The van der Waals surface area contributed by atoms with E-state index in [4.69, 9.17) is 5.21 Å².